The van der Waals surface area contributed by atoms with E-state index in [1.807, 2.05) is 47.5 Å². The van der Waals surface area contributed by atoms with E-state index in [4.69, 9.17) is 4.74 Å². The van der Waals surface area contributed by atoms with Crippen LogP contribution < -0.4 is 10.2 Å². The molecule has 0 saturated carbocycles. The molecule has 1 aromatic carbocycles. The molecule has 1 atom stereocenters. The van der Waals surface area contributed by atoms with Crippen LogP contribution in [0.1, 0.15) is 22.0 Å². The highest BCUT2D eigenvalue weighted by atomic mass is 35.5. The van der Waals surface area contributed by atoms with Crippen LogP contribution in [0, 0.1) is 0 Å². The smallest absolute Gasteiger partial charge is 0.254 e. The lowest BCUT2D eigenvalue weighted by atomic mass is 10.0. The Morgan fingerprint density at radius 1 is 1.07 bits per heavy atom. The zero-order chi connectivity index (χ0) is 17.8. The van der Waals surface area contributed by atoms with Crippen molar-refractivity contribution in [1.82, 2.24) is 15.2 Å². The Bertz CT molecular complexity index is 740. The maximum atomic E-state index is 13.1. The van der Waals surface area contributed by atoms with E-state index >= 15 is 0 Å². The fourth-order valence-corrected chi connectivity index (χ4v) is 3.62. The van der Waals surface area contributed by atoms with Crippen LogP contribution in [0.15, 0.2) is 48.8 Å². The average molecular weight is 425 g/mol. The Morgan fingerprint density at radius 2 is 1.82 bits per heavy atom. The molecule has 1 amide bonds. The fourth-order valence-electron chi connectivity index (χ4n) is 3.62. The van der Waals surface area contributed by atoms with Gasteiger partial charge in [0.2, 0.25) is 0 Å². The number of nitrogens with zero attached hydrogens (tertiary/aromatic N) is 3. The van der Waals surface area contributed by atoms with Crippen molar-refractivity contribution >= 4 is 36.4 Å². The average Bonchev–Trinajstić information content (AvgIpc) is 2.75. The first-order valence-electron chi connectivity index (χ1n) is 9.17. The Balaban J connectivity index is 0.00000140. The third-order valence-corrected chi connectivity index (χ3v) is 5.06. The molecular formula is C20H26Cl2N4O2. The van der Waals surface area contributed by atoms with Gasteiger partial charge in [0.05, 0.1) is 19.3 Å². The second-order valence-electron chi connectivity index (χ2n) is 6.65. The molecule has 2 aliphatic rings. The van der Waals surface area contributed by atoms with Crippen molar-refractivity contribution in [2.45, 2.75) is 6.04 Å². The molecule has 28 heavy (non-hydrogen) atoms. The predicted octanol–water partition coefficient (Wildman–Crippen LogP) is 2.55. The summed E-state index contributed by atoms with van der Waals surface area (Å²) in [5, 5.41) is 3.38. The fraction of sp³-hybridized carbons (Fsp3) is 0.400. The lowest BCUT2D eigenvalue weighted by Crippen LogP contribution is -2.48. The minimum absolute atomic E-state index is 0. The Morgan fingerprint density at radius 3 is 2.50 bits per heavy atom. The van der Waals surface area contributed by atoms with Crippen molar-refractivity contribution in [2.75, 3.05) is 50.8 Å². The third-order valence-electron chi connectivity index (χ3n) is 5.06. The summed E-state index contributed by atoms with van der Waals surface area (Å²) in [5.41, 5.74) is 2.95. The minimum atomic E-state index is 0. The Hall–Kier alpha value is -1.86. The number of anilines is 1. The zero-order valence-corrected chi connectivity index (χ0v) is 17.3. The highest BCUT2D eigenvalue weighted by molar-refractivity contribution is 5.95. The SMILES string of the molecule is Cl.Cl.O=C(c1ccc(N2CCOCC2)cc1)N1CCNCC1c1cccnc1. The summed E-state index contributed by atoms with van der Waals surface area (Å²) < 4.78 is 5.40. The van der Waals surface area contributed by atoms with E-state index in [-0.39, 0.29) is 36.8 Å². The van der Waals surface area contributed by atoms with Gasteiger partial charge in [-0.2, -0.15) is 0 Å². The molecule has 6 nitrogen and oxygen atoms in total. The predicted molar refractivity (Wildman–Crippen MR) is 115 cm³/mol. The number of morpholine rings is 1. The van der Waals surface area contributed by atoms with Crippen LogP contribution in [0.4, 0.5) is 5.69 Å². The number of aromatic nitrogens is 1. The van der Waals surface area contributed by atoms with Gasteiger partial charge >= 0.3 is 0 Å². The van der Waals surface area contributed by atoms with E-state index in [0.29, 0.717) is 6.54 Å². The van der Waals surface area contributed by atoms with Gasteiger partial charge in [-0.3, -0.25) is 9.78 Å². The molecule has 4 rings (SSSR count). The monoisotopic (exact) mass is 424 g/mol. The molecule has 8 heteroatoms. The summed E-state index contributed by atoms with van der Waals surface area (Å²) in [7, 11) is 0. The van der Waals surface area contributed by atoms with E-state index in [9.17, 15) is 4.79 Å². The van der Waals surface area contributed by atoms with E-state index in [2.05, 4.69) is 15.2 Å². The van der Waals surface area contributed by atoms with Crippen molar-refractivity contribution in [2.24, 2.45) is 0 Å². The van der Waals surface area contributed by atoms with Gasteiger partial charge in [0.25, 0.3) is 5.91 Å². The highest BCUT2D eigenvalue weighted by Crippen LogP contribution is 2.24. The second kappa shape index (κ2) is 10.6. The van der Waals surface area contributed by atoms with Crippen molar-refractivity contribution < 1.29 is 9.53 Å². The number of rotatable bonds is 3. The molecule has 0 radical (unpaired) electrons. The molecule has 2 aromatic rings. The van der Waals surface area contributed by atoms with Crippen LogP contribution in [-0.2, 0) is 4.74 Å². The van der Waals surface area contributed by atoms with E-state index in [0.717, 1.165) is 56.2 Å². The summed E-state index contributed by atoms with van der Waals surface area (Å²) in [6.07, 6.45) is 3.61. The first-order chi connectivity index (χ1) is 12.8. The number of hydrogen-bond acceptors (Lipinski definition) is 5. The van der Waals surface area contributed by atoms with Crippen LogP contribution in [0.5, 0.6) is 0 Å². The molecule has 3 heterocycles. The number of hydrogen-bond donors (Lipinski definition) is 1. The summed E-state index contributed by atoms with van der Waals surface area (Å²) in [6, 6.07) is 11.9. The second-order valence-corrected chi connectivity index (χ2v) is 6.65. The molecule has 1 aromatic heterocycles. The molecule has 0 spiro atoms. The number of piperazine rings is 1. The molecule has 2 saturated heterocycles. The molecule has 1 unspecified atom stereocenters. The van der Waals surface area contributed by atoms with Gasteiger partial charge in [-0.1, -0.05) is 6.07 Å². The lowest BCUT2D eigenvalue weighted by molar-refractivity contribution is 0.0634. The highest BCUT2D eigenvalue weighted by Gasteiger charge is 2.28. The van der Waals surface area contributed by atoms with Crippen LogP contribution in [-0.4, -0.2) is 61.7 Å². The molecular weight excluding hydrogens is 399 g/mol. The topological polar surface area (TPSA) is 57.7 Å². The summed E-state index contributed by atoms with van der Waals surface area (Å²) in [5.74, 6) is 0.0777. The summed E-state index contributed by atoms with van der Waals surface area (Å²) in [4.78, 5) is 21.6. The minimum Gasteiger partial charge on any atom is -0.378 e. The van der Waals surface area contributed by atoms with Crippen LogP contribution in [0.2, 0.25) is 0 Å². The van der Waals surface area contributed by atoms with Gasteiger partial charge in [0, 0.05) is 56.4 Å². The number of carbonyl (C=O) groups is 1. The van der Waals surface area contributed by atoms with Crippen LogP contribution >= 0.6 is 24.8 Å². The van der Waals surface area contributed by atoms with Crippen molar-refractivity contribution in [3.63, 3.8) is 0 Å². The van der Waals surface area contributed by atoms with Gasteiger partial charge < -0.3 is 19.9 Å². The summed E-state index contributed by atoms with van der Waals surface area (Å²) >= 11 is 0. The Labute approximate surface area is 178 Å². The van der Waals surface area contributed by atoms with Crippen LogP contribution in [0.25, 0.3) is 0 Å². The normalized spacial score (nSPS) is 19.4. The molecule has 1 N–H and O–H groups in total. The first kappa shape index (κ1) is 22.4. The van der Waals surface area contributed by atoms with Gasteiger partial charge in [-0.25, -0.2) is 0 Å². The quantitative estimate of drug-likeness (QED) is 0.819. The van der Waals surface area contributed by atoms with E-state index in [1.54, 1.807) is 6.20 Å². The van der Waals surface area contributed by atoms with Gasteiger partial charge in [-0.05, 0) is 35.9 Å². The molecule has 2 aliphatic heterocycles. The number of amides is 1. The van der Waals surface area contributed by atoms with Gasteiger partial charge in [0.1, 0.15) is 0 Å². The standard InChI is InChI=1S/C20H24N4O2.2ClH/c25-20(16-3-5-18(6-4-16)23-10-12-26-13-11-23)24-9-8-22-15-19(24)17-2-1-7-21-14-17;;/h1-7,14,19,22H,8-13,15H2;2*1H. The van der Waals surface area contributed by atoms with Crippen molar-refractivity contribution in [3.05, 3.63) is 59.9 Å². The summed E-state index contributed by atoms with van der Waals surface area (Å²) in [6.45, 7) is 5.58. The Kier molecular flexibility index (Phi) is 8.51. The number of halogens is 2. The first-order valence-corrected chi connectivity index (χ1v) is 9.17. The molecule has 2 fully saturated rings. The maximum Gasteiger partial charge on any atom is 0.254 e. The van der Waals surface area contributed by atoms with E-state index in [1.165, 1.54) is 0 Å². The van der Waals surface area contributed by atoms with Crippen LogP contribution in [0.3, 0.4) is 0 Å². The van der Waals surface area contributed by atoms with Crippen molar-refractivity contribution in [3.8, 4) is 0 Å². The number of ether oxygens (including phenoxy) is 1. The number of carbonyl (C=O) groups excluding carboxylic acids is 1. The largest absolute Gasteiger partial charge is 0.378 e. The zero-order valence-electron chi connectivity index (χ0n) is 15.6. The molecule has 0 bridgehead atoms. The molecule has 0 aliphatic carbocycles. The van der Waals surface area contributed by atoms with E-state index < -0.39 is 0 Å². The number of nitrogens with one attached hydrogen (secondary N) is 1. The number of pyridine rings is 1. The van der Waals surface area contributed by atoms with Crippen molar-refractivity contribution in [1.29, 1.82) is 0 Å². The third kappa shape index (κ3) is 4.94. The van der Waals surface area contributed by atoms with Gasteiger partial charge in [0.15, 0.2) is 0 Å². The van der Waals surface area contributed by atoms with Gasteiger partial charge in [-0.15, -0.1) is 24.8 Å². The number of benzene rings is 1. The lowest BCUT2D eigenvalue weighted by Gasteiger charge is -2.36. The molecule has 152 valence electrons. The maximum absolute atomic E-state index is 13.1.